The molecule has 3 amide bonds. The summed E-state index contributed by atoms with van der Waals surface area (Å²) in [6, 6.07) is 23.8. The van der Waals surface area contributed by atoms with Crippen LogP contribution < -0.4 is 15.1 Å². The summed E-state index contributed by atoms with van der Waals surface area (Å²) in [6.45, 7) is 3.51. The molecular formula is C30H28N4O4. The van der Waals surface area contributed by atoms with E-state index in [0.29, 0.717) is 16.9 Å². The number of amides is 3. The number of aromatic nitrogens is 1. The minimum atomic E-state index is -1.13. The Kier molecular flexibility index (Phi) is 6.79. The van der Waals surface area contributed by atoms with Gasteiger partial charge in [0.15, 0.2) is 5.78 Å². The molecule has 2 N–H and O–H groups in total. The molecule has 8 nitrogen and oxygen atoms in total. The van der Waals surface area contributed by atoms with E-state index >= 15 is 0 Å². The number of benzene rings is 3. The molecule has 0 radical (unpaired) electrons. The van der Waals surface area contributed by atoms with E-state index in [1.165, 1.54) is 4.90 Å². The molecule has 38 heavy (non-hydrogen) atoms. The Morgan fingerprint density at radius 1 is 0.974 bits per heavy atom. The number of carbonyl (C=O) groups excluding carboxylic acids is 4. The number of aromatic amines is 1. The third-order valence-corrected chi connectivity index (χ3v) is 6.64. The highest BCUT2D eigenvalue weighted by Gasteiger charge is 2.37. The minimum Gasteiger partial charge on any atom is -0.351 e. The summed E-state index contributed by atoms with van der Waals surface area (Å²) >= 11 is 0. The molecular weight excluding hydrogens is 480 g/mol. The third kappa shape index (κ3) is 4.80. The van der Waals surface area contributed by atoms with E-state index in [2.05, 4.69) is 10.3 Å². The Labute approximate surface area is 220 Å². The number of rotatable bonds is 6. The van der Waals surface area contributed by atoms with Crippen LogP contribution in [0.3, 0.4) is 0 Å². The Balaban J connectivity index is 1.45. The van der Waals surface area contributed by atoms with Gasteiger partial charge in [0.25, 0.3) is 11.8 Å². The van der Waals surface area contributed by atoms with Crippen molar-refractivity contribution < 1.29 is 19.2 Å². The predicted molar refractivity (Wildman–Crippen MR) is 146 cm³/mol. The molecule has 1 aliphatic rings. The first kappa shape index (κ1) is 25.0. The van der Waals surface area contributed by atoms with Gasteiger partial charge < -0.3 is 20.1 Å². The van der Waals surface area contributed by atoms with Crippen molar-refractivity contribution in [1.29, 1.82) is 0 Å². The second-order valence-corrected chi connectivity index (χ2v) is 9.56. The van der Waals surface area contributed by atoms with Gasteiger partial charge in [-0.3, -0.25) is 19.2 Å². The molecule has 0 spiro atoms. The lowest BCUT2D eigenvalue weighted by Gasteiger charge is -2.31. The van der Waals surface area contributed by atoms with Crippen molar-refractivity contribution in [2.75, 3.05) is 16.3 Å². The maximum atomic E-state index is 13.8. The second kappa shape index (κ2) is 10.3. The van der Waals surface area contributed by atoms with Gasteiger partial charge in [-0.25, -0.2) is 0 Å². The minimum absolute atomic E-state index is 0.165. The second-order valence-electron chi connectivity index (χ2n) is 9.56. The van der Waals surface area contributed by atoms with Gasteiger partial charge in [0.05, 0.1) is 5.69 Å². The number of nitrogens with one attached hydrogen (secondary N) is 2. The van der Waals surface area contributed by atoms with E-state index in [-0.39, 0.29) is 36.4 Å². The summed E-state index contributed by atoms with van der Waals surface area (Å²) in [6.07, 6.45) is -0.209. The Morgan fingerprint density at radius 2 is 1.66 bits per heavy atom. The highest BCUT2D eigenvalue weighted by Crippen LogP contribution is 2.28. The first-order valence-electron chi connectivity index (χ1n) is 12.5. The molecule has 3 aromatic carbocycles. The number of H-pyrrole nitrogens is 1. The summed E-state index contributed by atoms with van der Waals surface area (Å²) < 4.78 is 0. The van der Waals surface area contributed by atoms with E-state index in [1.807, 2.05) is 68.4 Å². The summed E-state index contributed by atoms with van der Waals surface area (Å²) in [5, 5.41) is 3.59. The van der Waals surface area contributed by atoms with E-state index in [4.69, 9.17) is 0 Å². The number of hydrogen-bond acceptors (Lipinski definition) is 4. The first-order chi connectivity index (χ1) is 18.3. The Morgan fingerprint density at radius 3 is 2.39 bits per heavy atom. The molecule has 1 unspecified atom stereocenters. The molecule has 0 saturated carbocycles. The van der Waals surface area contributed by atoms with Gasteiger partial charge in [0.2, 0.25) is 5.91 Å². The fourth-order valence-corrected chi connectivity index (χ4v) is 4.87. The number of nitrogens with zero attached hydrogens (tertiary/aromatic N) is 2. The zero-order chi connectivity index (χ0) is 26.8. The van der Waals surface area contributed by atoms with Gasteiger partial charge in [-0.05, 0) is 50.2 Å². The van der Waals surface area contributed by atoms with Crippen LogP contribution in [0.2, 0.25) is 0 Å². The quantitative estimate of drug-likeness (QED) is 0.405. The van der Waals surface area contributed by atoms with Gasteiger partial charge in [-0.1, -0.05) is 48.5 Å². The van der Waals surface area contributed by atoms with Crippen molar-refractivity contribution in [3.05, 3.63) is 96.2 Å². The average Bonchev–Trinajstić information content (AvgIpc) is 3.33. The predicted octanol–water partition coefficient (Wildman–Crippen LogP) is 4.33. The largest absolute Gasteiger partial charge is 0.351 e. The van der Waals surface area contributed by atoms with Crippen molar-refractivity contribution >= 4 is 45.8 Å². The van der Waals surface area contributed by atoms with Crippen LogP contribution in [0.1, 0.15) is 41.1 Å². The van der Waals surface area contributed by atoms with Gasteiger partial charge in [0, 0.05) is 34.6 Å². The molecule has 1 atom stereocenters. The SMILES string of the molecule is CC(C)N(C(=O)CN1C(=O)C(NC(=O)c2cc3ccccc3[nH]2)CC(=O)c2ccccc21)c1ccccc1. The topological polar surface area (TPSA) is 103 Å². The molecule has 0 aliphatic carbocycles. The molecule has 5 rings (SSSR count). The molecule has 0 saturated heterocycles. The zero-order valence-corrected chi connectivity index (χ0v) is 21.2. The third-order valence-electron chi connectivity index (χ3n) is 6.64. The van der Waals surface area contributed by atoms with E-state index in [1.54, 1.807) is 35.2 Å². The van der Waals surface area contributed by atoms with Crippen LogP contribution in [0.4, 0.5) is 11.4 Å². The molecule has 0 bridgehead atoms. The number of carbonyl (C=O) groups is 4. The number of ketones is 1. The fourth-order valence-electron chi connectivity index (χ4n) is 4.87. The van der Waals surface area contributed by atoms with Crippen LogP contribution >= 0.6 is 0 Å². The van der Waals surface area contributed by atoms with Crippen molar-refractivity contribution in [3.63, 3.8) is 0 Å². The highest BCUT2D eigenvalue weighted by atomic mass is 16.2. The molecule has 8 heteroatoms. The summed E-state index contributed by atoms with van der Waals surface area (Å²) in [7, 11) is 0. The van der Waals surface area contributed by atoms with Crippen LogP contribution in [0, 0.1) is 0 Å². The number of anilines is 2. The number of Topliss-reactive ketones (excluding diaryl/α,β-unsaturated/α-hetero) is 1. The van der Waals surface area contributed by atoms with Crippen LogP contribution in [0.25, 0.3) is 10.9 Å². The molecule has 1 aromatic heterocycles. The molecule has 1 aliphatic heterocycles. The maximum Gasteiger partial charge on any atom is 0.268 e. The summed E-state index contributed by atoms with van der Waals surface area (Å²) in [5.41, 5.74) is 2.48. The zero-order valence-electron chi connectivity index (χ0n) is 21.2. The molecule has 0 fully saturated rings. The summed E-state index contributed by atoms with van der Waals surface area (Å²) in [4.78, 5) is 59.7. The average molecular weight is 509 g/mol. The lowest BCUT2D eigenvalue weighted by Crippen LogP contribution is -2.52. The standard InChI is InChI=1S/C30H28N4O4/c1-19(2)34(21-11-4-3-5-12-21)28(36)18-33-26-15-9-7-13-22(26)27(35)17-25(30(33)38)32-29(37)24-16-20-10-6-8-14-23(20)31-24/h3-16,19,25,31H,17-18H2,1-2H3,(H,32,37). The number of hydrogen-bond donors (Lipinski definition) is 2. The van der Waals surface area contributed by atoms with Gasteiger partial charge >= 0.3 is 0 Å². The van der Waals surface area contributed by atoms with Crippen LogP contribution in [0.5, 0.6) is 0 Å². The van der Waals surface area contributed by atoms with E-state index in [0.717, 1.165) is 10.9 Å². The van der Waals surface area contributed by atoms with Gasteiger partial charge in [-0.15, -0.1) is 0 Å². The fraction of sp³-hybridized carbons (Fsp3) is 0.200. The highest BCUT2D eigenvalue weighted by molar-refractivity contribution is 6.15. The molecule has 192 valence electrons. The van der Waals surface area contributed by atoms with Crippen molar-refractivity contribution in [2.45, 2.75) is 32.4 Å². The van der Waals surface area contributed by atoms with Crippen molar-refractivity contribution in [2.24, 2.45) is 0 Å². The maximum absolute atomic E-state index is 13.8. The van der Waals surface area contributed by atoms with E-state index < -0.39 is 17.9 Å². The van der Waals surface area contributed by atoms with E-state index in [9.17, 15) is 19.2 Å². The Bertz CT molecular complexity index is 1490. The van der Waals surface area contributed by atoms with Gasteiger partial charge in [0.1, 0.15) is 18.3 Å². The van der Waals surface area contributed by atoms with Crippen LogP contribution in [-0.2, 0) is 9.59 Å². The van der Waals surface area contributed by atoms with Gasteiger partial charge in [-0.2, -0.15) is 0 Å². The van der Waals surface area contributed by atoms with Crippen LogP contribution in [0.15, 0.2) is 84.9 Å². The monoisotopic (exact) mass is 508 g/mol. The lowest BCUT2D eigenvalue weighted by atomic mass is 10.0. The van der Waals surface area contributed by atoms with Crippen molar-refractivity contribution in [1.82, 2.24) is 10.3 Å². The summed E-state index contributed by atoms with van der Waals surface area (Å²) in [5.74, 6) is -1.60. The van der Waals surface area contributed by atoms with Crippen molar-refractivity contribution in [3.8, 4) is 0 Å². The Hall–Kier alpha value is -4.72. The van der Waals surface area contributed by atoms with Crippen LogP contribution in [-0.4, -0.2) is 47.1 Å². The smallest absolute Gasteiger partial charge is 0.268 e. The molecule has 4 aromatic rings. The number of para-hydroxylation sites is 3. The normalized spacial score (nSPS) is 15.3. The lowest BCUT2D eigenvalue weighted by molar-refractivity contribution is -0.123. The molecule has 2 heterocycles. The number of fused-ring (bicyclic) bond motifs is 2. The first-order valence-corrected chi connectivity index (χ1v) is 12.5.